The van der Waals surface area contributed by atoms with Gasteiger partial charge in [-0.3, -0.25) is 0 Å². The fourth-order valence-electron chi connectivity index (χ4n) is 1.49. The molecule has 2 aromatic heterocycles. The van der Waals surface area contributed by atoms with Crippen LogP contribution >= 0.6 is 11.3 Å². The number of thiazole rings is 1. The summed E-state index contributed by atoms with van der Waals surface area (Å²) in [7, 11) is 0. The summed E-state index contributed by atoms with van der Waals surface area (Å²) in [5, 5.41) is 4.57. The van der Waals surface area contributed by atoms with Gasteiger partial charge in [0.05, 0.1) is 11.6 Å². The number of nitrogens with one attached hydrogen (secondary N) is 2. The summed E-state index contributed by atoms with van der Waals surface area (Å²) in [6.07, 6.45) is 5.54. The number of hydrogen-bond donors (Lipinski definition) is 2. The molecule has 2 aromatic rings. The Hall–Kier alpha value is -1.20. The standard InChI is InChI=1S/C11H16N4S/c1-8(11-15-6-9(2)16-11)5-12-7-10-13-3-4-14-10/h3-4,6,8,12H,5,7H2,1-2H3,(H,13,14). The van der Waals surface area contributed by atoms with Crippen molar-refractivity contribution < 1.29 is 0 Å². The van der Waals surface area contributed by atoms with E-state index in [9.17, 15) is 0 Å². The highest BCUT2D eigenvalue weighted by atomic mass is 32.1. The second kappa shape index (κ2) is 5.23. The minimum atomic E-state index is 0.452. The van der Waals surface area contributed by atoms with Crippen molar-refractivity contribution in [3.8, 4) is 0 Å². The van der Waals surface area contributed by atoms with Gasteiger partial charge in [-0.25, -0.2) is 9.97 Å². The molecule has 86 valence electrons. The van der Waals surface area contributed by atoms with E-state index in [0.29, 0.717) is 5.92 Å². The van der Waals surface area contributed by atoms with Crippen LogP contribution in [0.4, 0.5) is 0 Å². The van der Waals surface area contributed by atoms with E-state index < -0.39 is 0 Å². The molecule has 0 saturated carbocycles. The van der Waals surface area contributed by atoms with E-state index in [2.05, 4.69) is 34.1 Å². The summed E-state index contributed by atoms with van der Waals surface area (Å²) in [6.45, 7) is 5.98. The van der Waals surface area contributed by atoms with E-state index in [1.807, 2.05) is 12.4 Å². The van der Waals surface area contributed by atoms with Crippen LogP contribution in [0, 0.1) is 6.92 Å². The fourth-order valence-corrected chi connectivity index (χ4v) is 2.31. The molecule has 0 amide bonds. The van der Waals surface area contributed by atoms with Crippen LogP contribution in [-0.4, -0.2) is 21.5 Å². The summed E-state index contributed by atoms with van der Waals surface area (Å²) in [4.78, 5) is 12.9. The molecule has 5 heteroatoms. The molecule has 0 spiro atoms. The summed E-state index contributed by atoms with van der Waals surface area (Å²) in [5.41, 5.74) is 0. The van der Waals surface area contributed by atoms with Crippen molar-refractivity contribution in [2.45, 2.75) is 26.3 Å². The van der Waals surface area contributed by atoms with Crippen molar-refractivity contribution in [3.63, 3.8) is 0 Å². The third-order valence-electron chi connectivity index (χ3n) is 2.36. The molecule has 1 unspecified atom stereocenters. The molecule has 0 bridgehead atoms. The van der Waals surface area contributed by atoms with Crippen molar-refractivity contribution in [1.29, 1.82) is 0 Å². The van der Waals surface area contributed by atoms with Crippen LogP contribution in [0.1, 0.15) is 28.6 Å². The Kier molecular flexibility index (Phi) is 3.69. The zero-order chi connectivity index (χ0) is 11.4. The van der Waals surface area contributed by atoms with Crippen LogP contribution in [0.2, 0.25) is 0 Å². The highest BCUT2D eigenvalue weighted by Gasteiger charge is 2.08. The number of hydrogen-bond acceptors (Lipinski definition) is 4. The van der Waals surface area contributed by atoms with Gasteiger partial charge < -0.3 is 10.3 Å². The largest absolute Gasteiger partial charge is 0.348 e. The van der Waals surface area contributed by atoms with Crippen molar-refractivity contribution in [3.05, 3.63) is 34.3 Å². The molecule has 0 aliphatic heterocycles. The molecule has 16 heavy (non-hydrogen) atoms. The van der Waals surface area contributed by atoms with Gasteiger partial charge in [-0.2, -0.15) is 0 Å². The Bertz CT molecular complexity index is 421. The van der Waals surface area contributed by atoms with Crippen LogP contribution in [0.5, 0.6) is 0 Å². The third-order valence-corrected chi connectivity index (χ3v) is 3.50. The maximum absolute atomic E-state index is 4.39. The number of nitrogens with zero attached hydrogens (tertiary/aromatic N) is 2. The Morgan fingerprint density at radius 3 is 3.00 bits per heavy atom. The molecule has 0 radical (unpaired) electrons. The average Bonchev–Trinajstić information content (AvgIpc) is 2.89. The van der Waals surface area contributed by atoms with E-state index in [1.54, 1.807) is 17.5 Å². The second-order valence-corrected chi connectivity index (χ2v) is 5.14. The van der Waals surface area contributed by atoms with Gasteiger partial charge in [-0.15, -0.1) is 11.3 Å². The zero-order valence-electron chi connectivity index (χ0n) is 9.53. The number of imidazole rings is 1. The summed E-state index contributed by atoms with van der Waals surface area (Å²) in [5.74, 6) is 1.43. The topological polar surface area (TPSA) is 53.6 Å². The van der Waals surface area contributed by atoms with E-state index in [1.165, 1.54) is 9.88 Å². The predicted molar refractivity (Wildman–Crippen MR) is 65.6 cm³/mol. The smallest absolute Gasteiger partial charge is 0.120 e. The van der Waals surface area contributed by atoms with Gasteiger partial charge in [-0.05, 0) is 6.92 Å². The number of aryl methyl sites for hydroxylation is 1. The molecule has 1 atom stereocenters. The van der Waals surface area contributed by atoms with Crippen LogP contribution in [0.15, 0.2) is 18.6 Å². The number of aromatic amines is 1. The summed E-state index contributed by atoms with van der Waals surface area (Å²) >= 11 is 1.77. The Labute approximate surface area is 99.2 Å². The van der Waals surface area contributed by atoms with Crippen LogP contribution in [0.25, 0.3) is 0 Å². The monoisotopic (exact) mass is 236 g/mol. The highest BCUT2D eigenvalue weighted by molar-refractivity contribution is 7.11. The quantitative estimate of drug-likeness (QED) is 0.835. The van der Waals surface area contributed by atoms with Crippen molar-refractivity contribution in [2.75, 3.05) is 6.54 Å². The van der Waals surface area contributed by atoms with Gasteiger partial charge in [0.1, 0.15) is 5.82 Å². The molecule has 2 heterocycles. The minimum Gasteiger partial charge on any atom is -0.348 e. The SMILES string of the molecule is Cc1cnc(C(C)CNCc2ncc[nH]2)s1. The third kappa shape index (κ3) is 2.90. The van der Waals surface area contributed by atoms with E-state index in [-0.39, 0.29) is 0 Å². The lowest BCUT2D eigenvalue weighted by atomic mass is 10.2. The average molecular weight is 236 g/mol. The molecule has 2 rings (SSSR count). The van der Waals surface area contributed by atoms with E-state index in [4.69, 9.17) is 0 Å². The normalized spacial score (nSPS) is 12.9. The molecule has 0 aromatic carbocycles. The van der Waals surface area contributed by atoms with Gasteiger partial charge in [0.15, 0.2) is 0 Å². The summed E-state index contributed by atoms with van der Waals surface area (Å²) in [6, 6.07) is 0. The van der Waals surface area contributed by atoms with Gasteiger partial charge in [-0.1, -0.05) is 6.92 Å². The van der Waals surface area contributed by atoms with Crippen molar-refractivity contribution in [2.24, 2.45) is 0 Å². The first-order chi connectivity index (χ1) is 7.75. The Morgan fingerprint density at radius 2 is 2.38 bits per heavy atom. The van der Waals surface area contributed by atoms with Crippen LogP contribution < -0.4 is 5.32 Å². The molecule has 0 fully saturated rings. The number of aromatic nitrogens is 3. The first-order valence-corrected chi connectivity index (χ1v) is 6.18. The number of rotatable bonds is 5. The second-order valence-electron chi connectivity index (χ2n) is 3.88. The number of H-pyrrole nitrogens is 1. The van der Waals surface area contributed by atoms with Crippen molar-refractivity contribution in [1.82, 2.24) is 20.3 Å². The molecule has 0 aliphatic rings. The molecule has 0 saturated heterocycles. The molecule has 0 aliphatic carbocycles. The highest BCUT2D eigenvalue weighted by Crippen LogP contribution is 2.20. The molecular formula is C11H16N4S. The lowest BCUT2D eigenvalue weighted by Crippen LogP contribution is -2.20. The van der Waals surface area contributed by atoms with Crippen LogP contribution in [0.3, 0.4) is 0 Å². The van der Waals surface area contributed by atoms with Crippen LogP contribution in [-0.2, 0) is 6.54 Å². The van der Waals surface area contributed by atoms with Gasteiger partial charge >= 0.3 is 0 Å². The van der Waals surface area contributed by atoms with E-state index >= 15 is 0 Å². The Morgan fingerprint density at radius 1 is 1.50 bits per heavy atom. The maximum Gasteiger partial charge on any atom is 0.120 e. The molecule has 4 nitrogen and oxygen atoms in total. The van der Waals surface area contributed by atoms with Gasteiger partial charge in [0.2, 0.25) is 0 Å². The molecular weight excluding hydrogens is 220 g/mol. The van der Waals surface area contributed by atoms with Gasteiger partial charge in [0.25, 0.3) is 0 Å². The van der Waals surface area contributed by atoms with Crippen molar-refractivity contribution >= 4 is 11.3 Å². The van der Waals surface area contributed by atoms with Gasteiger partial charge in [0, 0.05) is 35.9 Å². The zero-order valence-corrected chi connectivity index (χ0v) is 10.3. The summed E-state index contributed by atoms with van der Waals surface area (Å²) < 4.78 is 0. The Balaban J connectivity index is 1.78. The maximum atomic E-state index is 4.39. The fraction of sp³-hybridized carbons (Fsp3) is 0.455. The first-order valence-electron chi connectivity index (χ1n) is 5.37. The predicted octanol–water partition coefficient (Wildman–Crippen LogP) is 2.07. The van der Waals surface area contributed by atoms with E-state index in [0.717, 1.165) is 18.9 Å². The lowest BCUT2D eigenvalue weighted by molar-refractivity contribution is 0.600. The lowest BCUT2D eigenvalue weighted by Gasteiger charge is -2.08. The first kappa shape index (κ1) is 11.3. The minimum absolute atomic E-state index is 0.452. The molecule has 2 N–H and O–H groups in total.